The van der Waals surface area contributed by atoms with Crippen LogP contribution in [-0.2, 0) is 6.54 Å². The molecule has 0 spiro atoms. The van der Waals surface area contributed by atoms with E-state index >= 15 is 0 Å². The molecular weight excluding hydrogens is 268 g/mol. The molecule has 0 aliphatic rings. The maximum atomic E-state index is 8.42. The van der Waals surface area contributed by atoms with Crippen LogP contribution in [0.5, 0.6) is 0 Å². The predicted molar refractivity (Wildman–Crippen MR) is 85.4 cm³/mol. The van der Waals surface area contributed by atoms with Crippen LogP contribution < -0.4 is 0 Å². The average Bonchev–Trinajstić information content (AvgIpc) is 2.45. The van der Waals surface area contributed by atoms with Crippen molar-refractivity contribution >= 4 is 17.4 Å². The number of nitrogens with zero attached hydrogens (tertiary/aromatic N) is 1. The fraction of sp³-hybridized carbons (Fsp3) is 0.235. The minimum Gasteiger partial charge on any atom is -0.350 e. The zero-order valence-corrected chi connectivity index (χ0v) is 12.6. The van der Waals surface area contributed by atoms with Crippen molar-refractivity contribution in [1.29, 1.82) is 5.41 Å². The van der Waals surface area contributed by atoms with Gasteiger partial charge in [-0.15, -0.1) is 0 Å². The summed E-state index contributed by atoms with van der Waals surface area (Å²) in [6, 6.07) is 17.9. The SMILES string of the molecule is CC(C)N(Cc1ccccc1)C(=N)c1ccc(Cl)cc1. The second-order valence-corrected chi connectivity index (χ2v) is 5.50. The second-order valence-electron chi connectivity index (χ2n) is 5.06. The van der Waals surface area contributed by atoms with E-state index in [4.69, 9.17) is 17.0 Å². The van der Waals surface area contributed by atoms with Crippen molar-refractivity contribution in [2.75, 3.05) is 0 Å². The molecule has 20 heavy (non-hydrogen) atoms. The van der Waals surface area contributed by atoms with Gasteiger partial charge in [0.25, 0.3) is 0 Å². The lowest BCUT2D eigenvalue weighted by Crippen LogP contribution is -2.36. The highest BCUT2D eigenvalue weighted by Crippen LogP contribution is 2.15. The van der Waals surface area contributed by atoms with Crippen LogP contribution in [0, 0.1) is 5.41 Å². The van der Waals surface area contributed by atoms with E-state index in [9.17, 15) is 0 Å². The highest BCUT2D eigenvalue weighted by Gasteiger charge is 2.15. The molecule has 0 atom stereocenters. The zero-order valence-electron chi connectivity index (χ0n) is 11.8. The van der Waals surface area contributed by atoms with Crippen molar-refractivity contribution in [3.63, 3.8) is 0 Å². The third kappa shape index (κ3) is 3.61. The lowest BCUT2D eigenvalue weighted by Gasteiger charge is -2.29. The van der Waals surface area contributed by atoms with Crippen LogP contribution in [0.15, 0.2) is 54.6 Å². The monoisotopic (exact) mass is 286 g/mol. The van der Waals surface area contributed by atoms with Gasteiger partial charge in [0.05, 0.1) is 0 Å². The summed E-state index contributed by atoms with van der Waals surface area (Å²) in [6.45, 7) is 4.95. The number of halogens is 1. The largest absolute Gasteiger partial charge is 0.350 e. The predicted octanol–water partition coefficient (Wildman–Crippen LogP) is 4.58. The van der Waals surface area contributed by atoms with Crippen LogP contribution in [0.3, 0.4) is 0 Å². The van der Waals surface area contributed by atoms with Gasteiger partial charge in [-0.2, -0.15) is 0 Å². The van der Waals surface area contributed by atoms with Crippen molar-refractivity contribution in [2.45, 2.75) is 26.4 Å². The molecule has 104 valence electrons. The van der Waals surface area contributed by atoms with Gasteiger partial charge in [0.1, 0.15) is 5.84 Å². The molecule has 0 aromatic heterocycles. The first-order valence-corrected chi connectivity index (χ1v) is 7.11. The maximum Gasteiger partial charge on any atom is 0.128 e. The van der Waals surface area contributed by atoms with Crippen LogP contribution in [0.1, 0.15) is 25.0 Å². The van der Waals surface area contributed by atoms with Crippen LogP contribution in [0.4, 0.5) is 0 Å². The molecule has 2 rings (SSSR count). The highest BCUT2D eigenvalue weighted by atomic mass is 35.5. The van der Waals surface area contributed by atoms with Gasteiger partial charge in [-0.25, -0.2) is 0 Å². The van der Waals surface area contributed by atoms with E-state index in [0.29, 0.717) is 10.9 Å². The Hall–Kier alpha value is -1.80. The van der Waals surface area contributed by atoms with Gasteiger partial charge in [-0.3, -0.25) is 5.41 Å². The summed E-state index contributed by atoms with van der Waals surface area (Å²) in [6.07, 6.45) is 0. The topological polar surface area (TPSA) is 27.1 Å². The summed E-state index contributed by atoms with van der Waals surface area (Å²) in [5, 5.41) is 9.12. The Bertz CT molecular complexity index is 561. The van der Waals surface area contributed by atoms with Gasteiger partial charge in [-0.1, -0.05) is 41.9 Å². The Morgan fingerprint density at radius 1 is 1.05 bits per heavy atom. The first-order valence-electron chi connectivity index (χ1n) is 6.73. The summed E-state index contributed by atoms with van der Waals surface area (Å²) < 4.78 is 0. The Morgan fingerprint density at radius 2 is 1.65 bits per heavy atom. The molecular formula is C17H19ClN2. The Balaban J connectivity index is 2.20. The molecule has 0 unspecified atom stereocenters. The van der Waals surface area contributed by atoms with Gasteiger partial charge in [0.2, 0.25) is 0 Å². The molecule has 3 heteroatoms. The van der Waals surface area contributed by atoms with Gasteiger partial charge in [0, 0.05) is 23.2 Å². The fourth-order valence-electron chi connectivity index (χ4n) is 2.07. The molecule has 2 aromatic carbocycles. The van der Waals surface area contributed by atoms with Gasteiger partial charge in [-0.05, 0) is 43.7 Å². The number of benzene rings is 2. The Morgan fingerprint density at radius 3 is 2.20 bits per heavy atom. The zero-order chi connectivity index (χ0) is 14.5. The maximum absolute atomic E-state index is 8.42. The summed E-state index contributed by atoms with van der Waals surface area (Å²) in [5.74, 6) is 0.528. The molecule has 2 nitrogen and oxygen atoms in total. The van der Waals surface area contributed by atoms with Crippen molar-refractivity contribution in [2.24, 2.45) is 0 Å². The van der Waals surface area contributed by atoms with Crippen LogP contribution in [0.25, 0.3) is 0 Å². The fourth-order valence-corrected chi connectivity index (χ4v) is 2.20. The van der Waals surface area contributed by atoms with Gasteiger partial charge in [0.15, 0.2) is 0 Å². The minimum absolute atomic E-state index is 0.262. The third-order valence-electron chi connectivity index (χ3n) is 3.22. The standard InChI is InChI=1S/C17H19ClN2/c1-13(2)20(12-14-6-4-3-5-7-14)17(19)15-8-10-16(18)11-9-15/h3-11,13,19H,12H2,1-2H3. The molecule has 2 aromatic rings. The molecule has 0 saturated carbocycles. The van der Waals surface area contributed by atoms with Gasteiger partial charge < -0.3 is 4.90 Å². The Kier molecular flexibility index (Phi) is 4.80. The average molecular weight is 287 g/mol. The molecule has 1 N–H and O–H groups in total. The first-order chi connectivity index (χ1) is 9.58. The molecule has 0 saturated heterocycles. The van der Waals surface area contributed by atoms with Crippen molar-refractivity contribution < 1.29 is 0 Å². The van der Waals surface area contributed by atoms with Crippen LogP contribution in [-0.4, -0.2) is 16.8 Å². The molecule has 0 radical (unpaired) electrons. The Labute approximate surface area is 125 Å². The molecule has 0 amide bonds. The lowest BCUT2D eigenvalue weighted by molar-refractivity contribution is 0.341. The summed E-state index contributed by atoms with van der Waals surface area (Å²) in [5.41, 5.74) is 2.10. The van der Waals surface area contributed by atoms with Gasteiger partial charge >= 0.3 is 0 Å². The second kappa shape index (κ2) is 6.58. The van der Waals surface area contributed by atoms with Crippen molar-refractivity contribution in [1.82, 2.24) is 4.90 Å². The normalized spacial score (nSPS) is 10.6. The molecule has 0 aliphatic carbocycles. The molecule has 0 heterocycles. The first kappa shape index (κ1) is 14.6. The smallest absolute Gasteiger partial charge is 0.128 e. The van der Waals surface area contributed by atoms with E-state index in [0.717, 1.165) is 12.1 Å². The van der Waals surface area contributed by atoms with E-state index in [-0.39, 0.29) is 6.04 Å². The van der Waals surface area contributed by atoms with Crippen LogP contribution in [0.2, 0.25) is 5.02 Å². The number of hydrogen-bond donors (Lipinski definition) is 1. The number of rotatable bonds is 4. The minimum atomic E-state index is 0.262. The summed E-state index contributed by atoms with van der Waals surface area (Å²) in [7, 11) is 0. The summed E-state index contributed by atoms with van der Waals surface area (Å²) >= 11 is 5.90. The number of amidine groups is 1. The molecule has 0 fully saturated rings. The number of hydrogen-bond acceptors (Lipinski definition) is 1. The quantitative estimate of drug-likeness (QED) is 0.646. The third-order valence-corrected chi connectivity index (χ3v) is 3.48. The van der Waals surface area contributed by atoms with E-state index in [1.165, 1.54) is 5.56 Å². The lowest BCUT2D eigenvalue weighted by atomic mass is 10.1. The van der Waals surface area contributed by atoms with Crippen molar-refractivity contribution in [3.05, 3.63) is 70.7 Å². The van der Waals surface area contributed by atoms with Crippen LogP contribution >= 0.6 is 11.6 Å². The molecule has 0 aliphatic heterocycles. The van der Waals surface area contributed by atoms with E-state index < -0.39 is 0 Å². The highest BCUT2D eigenvalue weighted by molar-refractivity contribution is 6.30. The summed E-state index contributed by atoms with van der Waals surface area (Å²) in [4.78, 5) is 2.08. The molecule has 0 bridgehead atoms. The number of nitrogens with one attached hydrogen (secondary N) is 1. The van der Waals surface area contributed by atoms with E-state index in [1.54, 1.807) is 0 Å². The van der Waals surface area contributed by atoms with E-state index in [1.807, 2.05) is 42.5 Å². The van der Waals surface area contributed by atoms with E-state index in [2.05, 4.69) is 30.9 Å². The van der Waals surface area contributed by atoms with Crippen molar-refractivity contribution in [3.8, 4) is 0 Å².